The van der Waals surface area contributed by atoms with Crippen molar-refractivity contribution in [3.05, 3.63) is 71.9 Å². The number of pyridine rings is 1. The molecule has 0 atom stereocenters. The number of aromatic nitrogens is 1. The van der Waals surface area contributed by atoms with E-state index in [1.807, 2.05) is 18.2 Å². The summed E-state index contributed by atoms with van der Waals surface area (Å²) in [5.41, 5.74) is 6.22. The van der Waals surface area contributed by atoms with Gasteiger partial charge in [0.25, 0.3) is 0 Å². The summed E-state index contributed by atoms with van der Waals surface area (Å²) in [5.74, 6) is 0.403. The van der Waals surface area contributed by atoms with Crippen LogP contribution >= 0.6 is 0 Å². The fraction of sp³-hybridized carbons (Fsp3) is 0.269. The Kier molecular flexibility index (Phi) is 9.07. The van der Waals surface area contributed by atoms with Crippen molar-refractivity contribution < 1.29 is 32.2 Å². The molecule has 3 N–H and O–H groups in total. The van der Waals surface area contributed by atoms with Crippen LogP contribution in [0, 0.1) is 0 Å². The molecule has 3 rings (SSSR count). The molecule has 1 amide bonds. The normalized spacial score (nSPS) is 11.8. The van der Waals surface area contributed by atoms with E-state index in [1.54, 1.807) is 19.2 Å². The molecule has 0 spiro atoms. The summed E-state index contributed by atoms with van der Waals surface area (Å²) >= 11 is 0. The maximum Gasteiger partial charge on any atom is 0.433 e. The Morgan fingerprint density at radius 2 is 1.78 bits per heavy atom. The summed E-state index contributed by atoms with van der Waals surface area (Å²) in [6.45, 7) is 4.08. The summed E-state index contributed by atoms with van der Waals surface area (Å²) < 4.78 is 55.9. The Morgan fingerprint density at radius 1 is 1.05 bits per heavy atom. The number of hydrogen-bond acceptors (Lipinski definition) is 7. The zero-order valence-electron chi connectivity index (χ0n) is 20.4. The van der Waals surface area contributed by atoms with E-state index in [1.165, 1.54) is 19.2 Å². The van der Waals surface area contributed by atoms with Crippen molar-refractivity contribution in [2.75, 3.05) is 40.5 Å². The van der Waals surface area contributed by atoms with Gasteiger partial charge in [0.1, 0.15) is 35.9 Å². The van der Waals surface area contributed by atoms with Gasteiger partial charge in [-0.25, -0.2) is 9.98 Å². The van der Waals surface area contributed by atoms with Crippen LogP contribution in [0.3, 0.4) is 0 Å². The highest BCUT2D eigenvalue weighted by Gasteiger charge is 2.33. The molecule has 37 heavy (non-hydrogen) atoms. The van der Waals surface area contributed by atoms with Gasteiger partial charge in [0, 0.05) is 29.6 Å². The van der Waals surface area contributed by atoms with Crippen LogP contribution in [0.15, 0.2) is 60.1 Å². The average molecular weight is 517 g/mol. The third-order valence-electron chi connectivity index (χ3n) is 5.27. The molecule has 0 aliphatic carbocycles. The van der Waals surface area contributed by atoms with Crippen LogP contribution in [0.4, 0.5) is 13.2 Å². The van der Waals surface area contributed by atoms with Crippen LogP contribution in [0.5, 0.6) is 11.5 Å². The van der Waals surface area contributed by atoms with Crippen LogP contribution < -0.4 is 20.5 Å². The van der Waals surface area contributed by atoms with Crippen molar-refractivity contribution in [2.24, 2.45) is 10.7 Å². The molecule has 0 saturated carbocycles. The molecule has 8 nitrogen and oxygen atoms in total. The smallest absolute Gasteiger partial charge is 0.433 e. The number of nitrogens with two attached hydrogens (primary N) is 1. The first-order chi connectivity index (χ1) is 17.7. The number of halogens is 3. The van der Waals surface area contributed by atoms with Gasteiger partial charge in [-0.1, -0.05) is 24.8 Å². The predicted octanol–water partition coefficient (Wildman–Crippen LogP) is 3.82. The van der Waals surface area contributed by atoms with Crippen LogP contribution in [0.25, 0.3) is 16.5 Å². The van der Waals surface area contributed by atoms with Crippen molar-refractivity contribution in [3.63, 3.8) is 0 Å². The number of carbonyl (C=O) groups is 1. The van der Waals surface area contributed by atoms with Gasteiger partial charge in [-0.05, 0) is 35.9 Å². The number of amides is 1. The van der Waals surface area contributed by atoms with Crippen LogP contribution in [0.2, 0.25) is 0 Å². The number of aliphatic imine (C=N–C) groups is 1. The van der Waals surface area contributed by atoms with Crippen LogP contribution in [-0.4, -0.2) is 57.2 Å². The first-order valence-electron chi connectivity index (χ1n) is 11.2. The number of fused-ring (bicyclic) bond motifs is 1. The topological polar surface area (TPSA) is 108 Å². The monoisotopic (exact) mass is 516 g/mol. The Hall–Kier alpha value is -4.12. The third-order valence-corrected chi connectivity index (χ3v) is 5.27. The summed E-state index contributed by atoms with van der Waals surface area (Å²) in [6.07, 6.45) is -4.63. The lowest BCUT2D eigenvalue weighted by molar-refractivity contribution is -0.141. The van der Waals surface area contributed by atoms with Gasteiger partial charge in [-0.2, -0.15) is 13.2 Å². The van der Waals surface area contributed by atoms with Gasteiger partial charge in [0.05, 0.1) is 14.2 Å². The molecule has 0 unspecified atom stereocenters. The summed E-state index contributed by atoms with van der Waals surface area (Å²) in [7, 11) is 2.88. The van der Waals surface area contributed by atoms with Crippen LogP contribution in [0.1, 0.15) is 16.8 Å². The number of nitrogens with one attached hydrogen (secondary N) is 1. The number of rotatable bonds is 10. The minimum Gasteiger partial charge on any atom is -0.496 e. The van der Waals surface area contributed by atoms with Crippen molar-refractivity contribution in [1.29, 1.82) is 0 Å². The van der Waals surface area contributed by atoms with Crippen LogP contribution in [-0.2, 0) is 15.7 Å². The van der Waals surface area contributed by atoms with Gasteiger partial charge in [-0.15, -0.1) is 0 Å². The lowest BCUT2D eigenvalue weighted by Crippen LogP contribution is -2.28. The highest BCUT2D eigenvalue weighted by Crippen LogP contribution is 2.33. The quantitative estimate of drug-likeness (QED) is 0.313. The largest absolute Gasteiger partial charge is 0.496 e. The minimum atomic E-state index is -4.63. The number of carbonyl (C=O) groups excluding carboxylic acids is 1. The molecule has 11 heteroatoms. The standard InChI is InChI=1S/C26H27F3N4O4/c1-16(17-6-4-5-7-20(17)35-2)14-31-23(34)15-32-25(37-13-12-30)19-8-10-21(36-3)24-18(19)9-11-22(33-24)26(27,28)29/h4-11H,1,12-15,30H2,2-3H3,(H,31,34). The average Bonchev–Trinajstić information content (AvgIpc) is 2.90. The molecule has 196 valence electrons. The van der Waals surface area contributed by atoms with E-state index in [0.29, 0.717) is 22.3 Å². The number of ether oxygens (including phenoxy) is 3. The lowest BCUT2D eigenvalue weighted by atomic mass is 10.1. The minimum absolute atomic E-state index is 0.0172. The zero-order chi connectivity index (χ0) is 27.0. The maximum atomic E-state index is 13.2. The predicted molar refractivity (Wildman–Crippen MR) is 135 cm³/mol. The highest BCUT2D eigenvalue weighted by molar-refractivity contribution is 6.08. The van der Waals surface area contributed by atoms with E-state index in [0.717, 1.165) is 11.6 Å². The van der Waals surface area contributed by atoms with Gasteiger partial charge in [0.15, 0.2) is 0 Å². The Labute approximate surface area is 211 Å². The number of methoxy groups -OCH3 is 2. The lowest BCUT2D eigenvalue weighted by Gasteiger charge is -2.15. The second kappa shape index (κ2) is 12.2. The number of para-hydroxylation sites is 1. The maximum absolute atomic E-state index is 13.2. The molecule has 0 bridgehead atoms. The molecule has 0 fully saturated rings. The summed E-state index contributed by atoms with van der Waals surface area (Å²) in [6, 6.07) is 12.5. The molecule has 2 aromatic carbocycles. The zero-order valence-corrected chi connectivity index (χ0v) is 20.4. The molecule has 1 aromatic heterocycles. The van der Waals surface area contributed by atoms with E-state index < -0.39 is 17.8 Å². The van der Waals surface area contributed by atoms with E-state index in [2.05, 4.69) is 21.9 Å². The molecule has 0 aliphatic heterocycles. The molecular weight excluding hydrogens is 489 g/mol. The van der Waals surface area contributed by atoms with Gasteiger partial charge >= 0.3 is 6.18 Å². The second-order valence-electron chi connectivity index (χ2n) is 7.74. The first-order valence-corrected chi connectivity index (χ1v) is 11.2. The Balaban J connectivity index is 1.85. The van der Waals surface area contributed by atoms with Crippen molar-refractivity contribution in [3.8, 4) is 11.5 Å². The Morgan fingerprint density at radius 3 is 2.46 bits per heavy atom. The molecule has 0 radical (unpaired) electrons. The molecule has 0 aliphatic rings. The van der Waals surface area contributed by atoms with Gasteiger partial charge in [0.2, 0.25) is 11.8 Å². The number of nitrogens with zero attached hydrogens (tertiary/aromatic N) is 2. The van der Waals surface area contributed by atoms with Crippen molar-refractivity contribution >= 4 is 28.3 Å². The fourth-order valence-electron chi connectivity index (χ4n) is 3.50. The first kappa shape index (κ1) is 27.5. The Bertz CT molecular complexity index is 1310. The highest BCUT2D eigenvalue weighted by atomic mass is 19.4. The summed E-state index contributed by atoms with van der Waals surface area (Å²) in [4.78, 5) is 20.6. The molecule has 3 aromatic rings. The van der Waals surface area contributed by atoms with Gasteiger partial charge < -0.3 is 25.3 Å². The molecule has 1 heterocycles. The number of benzene rings is 2. The van der Waals surface area contributed by atoms with E-state index in [4.69, 9.17) is 19.9 Å². The van der Waals surface area contributed by atoms with Gasteiger partial charge in [-0.3, -0.25) is 4.79 Å². The number of hydrogen-bond donors (Lipinski definition) is 2. The molecule has 0 saturated heterocycles. The van der Waals surface area contributed by atoms with Crippen molar-refractivity contribution in [1.82, 2.24) is 10.3 Å². The van der Waals surface area contributed by atoms with E-state index >= 15 is 0 Å². The third kappa shape index (κ3) is 6.76. The SMILES string of the molecule is C=C(CNC(=O)CN=C(OCCN)c1ccc(OC)c2nc(C(F)(F)F)ccc12)c1ccccc1OC. The summed E-state index contributed by atoms with van der Waals surface area (Å²) in [5, 5.41) is 3.05. The van der Waals surface area contributed by atoms with Crippen molar-refractivity contribution in [2.45, 2.75) is 6.18 Å². The fourth-order valence-corrected chi connectivity index (χ4v) is 3.50. The van der Waals surface area contributed by atoms with E-state index in [-0.39, 0.29) is 43.4 Å². The number of alkyl halides is 3. The second-order valence-corrected chi connectivity index (χ2v) is 7.74. The van der Waals surface area contributed by atoms with E-state index in [9.17, 15) is 18.0 Å². The molecular formula is C26H27F3N4O4.